The third kappa shape index (κ3) is 7.01. The molecule has 2 fully saturated rings. The minimum Gasteiger partial charge on any atom is -0.372 e. The van der Waals surface area contributed by atoms with E-state index in [1.165, 1.54) is 24.1 Å². The van der Waals surface area contributed by atoms with E-state index in [0.717, 1.165) is 58.3 Å². The van der Waals surface area contributed by atoms with Crippen molar-refractivity contribution in [2.24, 2.45) is 4.99 Å². The van der Waals surface area contributed by atoms with Crippen LogP contribution in [0.15, 0.2) is 29.3 Å². The van der Waals surface area contributed by atoms with Crippen LogP contribution in [0.25, 0.3) is 0 Å². The number of guanidine groups is 1. The second kappa shape index (κ2) is 12.3. The molecule has 0 bridgehead atoms. The van der Waals surface area contributed by atoms with E-state index in [1.54, 1.807) is 6.92 Å². The Kier molecular flexibility index (Phi) is 10.2. The average molecular weight is 528 g/mol. The number of amides is 1. The molecule has 0 spiro atoms. The molecule has 0 aromatic heterocycles. The molecule has 2 heterocycles. The van der Waals surface area contributed by atoms with E-state index in [9.17, 15) is 4.79 Å². The van der Waals surface area contributed by atoms with E-state index in [2.05, 4.69) is 56.6 Å². The Morgan fingerprint density at radius 1 is 1.13 bits per heavy atom. The number of rotatable bonds is 6. The van der Waals surface area contributed by atoms with Crippen LogP contribution in [0.4, 0.5) is 5.69 Å². The Bertz CT molecular complexity index is 699. The summed E-state index contributed by atoms with van der Waals surface area (Å²) in [5.41, 5.74) is 2.60. The molecular formula is C22H37IN6O. The van der Waals surface area contributed by atoms with Gasteiger partial charge >= 0.3 is 0 Å². The van der Waals surface area contributed by atoms with Crippen molar-refractivity contribution in [1.29, 1.82) is 0 Å². The third-order valence-corrected chi connectivity index (χ3v) is 5.96. The fourth-order valence-electron chi connectivity index (χ4n) is 4.07. The number of hydrogen-bond acceptors (Lipinski definition) is 4. The van der Waals surface area contributed by atoms with Gasteiger partial charge in [0.2, 0.25) is 5.91 Å². The first-order chi connectivity index (χ1) is 14.1. The van der Waals surface area contributed by atoms with Crippen molar-refractivity contribution in [3.63, 3.8) is 0 Å². The van der Waals surface area contributed by atoms with Crippen molar-refractivity contribution < 1.29 is 4.79 Å². The van der Waals surface area contributed by atoms with E-state index in [0.29, 0.717) is 0 Å². The number of hydrogen-bond donors (Lipinski definition) is 2. The van der Waals surface area contributed by atoms with Gasteiger partial charge in [-0.1, -0.05) is 12.1 Å². The Morgan fingerprint density at radius 2 is 1.83 bits per heavy atom. The lowest BCUT2D eigenvalue weighted by atomic mass is 10.1. The highest BCUT2D eigenvalue weighted by atomic mass is 127. The summed E-state index contributed by atoms with van der Waals surface area (Å²) in [7, 11) is 1.81. The molecule has 2 saturated heterocycles. The fraction of sp³-hybridized carbons (Fsp3) is 0.636. The van der Waals surface area contributed by atoms with E-state index < -0.39 is 0 Å². The molecule has 1 atom stereocenters. The second-order valence-corrected chi connectivity index (χ2v) is 8.00. The molecular weight excluding hydrogens is 491 g/mol. The highest BCUT2D eigenvalue weighted by molar-refractivity contribution is 14.0. The monoisotopic (exact) mass is 528 g/mol. The van der Waals surface area contributed by atoms with Gasteiger partial charge in [0.1, 0.15) is 0 Å². The summed E-state index contributed by atoms with van der Waals surface area (Å²) < 4.78 is 0. The molecule has 3 rings (SSSR count). The predicted octanol–water partition coefficient (Wildman–Crippen LogP) is 2.29. The van der Waals surface area contributed by atoms with E-state index in [-0.39, 0.29) is 35.9 Å². The van der Waals surface area contributed by atoms with Crippen molar-refractivity contribution in [3.05, 3.63) is 29.8 Å². The molecule has 1 amide bonds. The van der Waals surface area contributed by atoms with Gasteiger partial charge in [-0.15, -0.1) is 24.0 Å². The number of carbonyl (C=O) groups excluding carboxylic acids is 1. The second-order valence-electron chi connectivity index (χ2n) is 8.00. The van der Waals surface area contributed by atoms with Crippen molar-refractivity contribution in [2.75, 3.05) is 64.3 Å². The summed E-state index contributed by atoms with van der Waals surface area (Å²) in [6.45, 7) is 11.5. The zero-order chi connectivity index (χ0) is 20.6. The Morgan fingerprint density at radius 3 is 2.47 bits per heavy atom. The van der Waals surface area contributed by atoms with Crippen molar-refractivity contribution in [2.45, 2.75) is 32.7 Å². The molecule has 0 saturated carbocycles. The lowest BCUT2D eigenvalue weighted by Gasteiger charge is -2.34. The van der Waals surface area contributed by atoms with E-state index in [1.807, 2.05) is 11.9 Å². The van der Waals surface area contributed by atoms with E-state index in [4.69, 9.17) is 0 Å². The first-order valence-corrected chi connectivity index (χ1v) is 10.9. The summed E-state index contributed by atoms with van der Waals surface area (Å²) in [4.78, 5) is 22.6. The predicted molar refractivity (Wildman–Crippen MR) is 135 cm³/mol. The smallest absolute Gasteiger partial charge is 0.219 e. The zero-order valence-electron chi connectivity index (χ0n) is 18.6. The number of aliphatic imine (C=N–C) groups is 1. The quantitative estimate of drug-likeness (QED) is 0.337. The first-order valence-electron chi connectivity index (χ1n) is 10.9. The van der Waals surface area contributed by atoms with Gasteiger partial charge < -0.3 is 20.4 Å². The first kappa shape index (κ1) is 24.7. The van der Waals surface area contributed by atoms with Gasteiger partial charge in [-0.05, 0) is 37.5 Å². The lowest BCUT2D eigenvalue weighted by Crippen LogP contribution is -2.50. The standard InChI is InChI=1S/C22H36N6O.HI/c1-18(20-7-6-8-21(17-20)28-10-4-5-11-28)25-22(23-3)24-9-12-26-13-15-27(16-14-26)19(2)29;/h6-8,17-18H,4-5,9-16H2,1-3H3,(H2,23,24,25);1H. The van der Waals surface area contributed by atoms with Gasteiger partial charge in [0.05, 0.1) is 6.04 Å². The van der Waals surface area contributed by atoms with Crippen LogP contribution in [0, 0.1) is 0 Å². The van der Waals surface area contributed by atoms with Crippen LogP contribution >= 0.6 is 24.0 Å². The number of nitrogens with one attached hydrogen (secondary N) is 2. The van der Waals surface area contributed by atoms with Crippen LogP contribution in [-0.4, -0.2) is 81.1 Å². The molecule has 0 aliphatic carbocycles. The van der Waals surface area contributed by atoms with Crippen LogP contribution < -0.4 is 15.5 Å². The number of nitrogens with zero attached hydrogens (tertiary/aromatic N) is 4. The summed E-state index contributed by atoms with van der Waals surface area (Å²) in [5.74, 6) is 1.00. The Balaban J connectivity index is 0.00000320. The minimum absolute atomic E-state index is 0. The number of carbonyl (C=O) groups is 1. The third-order valence-electron chi connectivity index (χ3n) is 5.96. The molecule has 168 valence electrons. The summed E-state index contributed by atoms with van der Waals surface area (Å²) in [6.07, 6.45) is 2.58. The van der Waals surface area contributed by atoms with Crippen molar-refractivity contribution in [3.8, 4) is 0 Å². The molecule has 30 heavy (non-hydrogen) atoms. The molecule has 2 aliphatic heterocycles. The van der Waals surface area contributed by atoms with E-state index >= 15 is 0 Å². The van der Waals surface area contributed by atoms with Crippen LogP contribution in [0.1, 0.15) is 38.3 Å². The SMILES string of the molecule is CN=C(NCCN1CCN(C(C)=O)CC1)NC(C)c1cccc(N2CCCC2)c1.I. The summed E-state index contributed by atoms with van der Waals surface area (Å²) >= 11 is 0. The molecule has 7 nitrogen and oxygen atoms in total. The number of benzene rings is 1. The van der Waals surface area contributed by atoms with Crippen molar-refractivity contribution in [1.82, 2.24) is 20.4 Å². The van der Waals surface area contributed by atoms with Crippen molar-refractivity contribution >= 4 is 41.5 Å². The van der Waals surface area contributed by atoms with Gasteiger partial charge in [0.15, 0.2) is 5.96 Å². The van der Waals surface area contributed by atoms with Gasteiger partial charge in [-0.2, -0.15) is 0 Å². The van der Waals surface area contributed by atoms with Gasteiger partial charge in [-0.25, -0.2) is 0 Å². The summed E-state index contributed by atoms with van der Waals surface area (Å²) in [6, 6.07) is 9.02. The van der Waals surface area contributed by atoms with Gasteiger partial charge in [-0.3, -0.25) is 14.7 Å². The van der Waals surface area contributed by atoms with Crippen LogP contribution in [-0.2, 0) is 4.79 Å². The number of halogens is 1. The normalized spacial score (nSPS) is 18.7. The number of piperazine rings is 1. The highest BCUT2D eigenvalue weighted by Crippen LogP contribution is 2.23. The van der Waals surface area contributed by atoms with Crippen LogP contribution in [0.3, 0.4) is 0 Å². The number of anilines is 1. The molecule has 2 aliphatic rings. The van der Waals surface area contributed by atoms with Crippen LogP contribution in [0.2, 0.25) is 0 Å². The zero-order valence-corrected chi connectivity index (χ0v) is 20.9. The molecule has 1 aromatic rings. The highest BCUT2D eigenvalue weighted by Gasteiger charge is 2.18. The fourth-order valence-corrected chi connectivity index (χ4v) is 4.07. The minimum atomic E-state index is 0. The molecule has 1 aromatic carbocycles. The molecule has 1 unspecified atom stereocenters. The lowest BCUT2D eigenvalue weighted by molar-refractivity contribution is -0.130. The molecule has 2 N–H and O–H groups in total. The van der Waals surface area contributed by atoms with Gasteiger partial charge in [0, 0.05) is 72.0 Å². The van der Waals surface area contributed by atoms with Gasteiger partial charge in [0.25, 0.3) is 0 Å². The molecule has 0 radical (unpaired) electrons. The summed E-state index contributed by atoms with van der Waals surface area (Å²) in [5, 5.41) is 6.94. The topological polar surface area (TPSA) is 63.2 Å². The maximum atomic E-state index is 11.4. The Hall–Kier alpha value is -1.55. The maximum absolute atomic E-state index is 11.4. The Labute approximate surface area is 198 Å². The largest absolute Gasteiger partial charge is 0.372 e. The average Bonchev–Trinajstić information content (AvgIpc) is 3.28. The molecule has 8 heteroatoms. The van der Waals surface area contributed by atoms with Crippen LogP contribution in [0.5, 0.6) is 0 Å². The maximum Gasteiger partial charge on any atom is 0.219 e.